The third-order valence-corrected chi connectivity index (χ3v) is 6.30. The van der Waals surface area contributed by atoms with E-state index in [0.29, 0.717) is 21.2 Å². The molecular weight excluding hydrogens is 467 g/mol. The number of halogens is 2. The van der Waals surface area contributed by atoms with Gasteiger partial charge in [0, 0.05) is 10.0 Å². The van der Waals surface area contributed by atoms with Crippen LogP contribution in [0, 0.1) is 0 Å². The summed E-state index contributed by atoms with van der Waals surface area (Å²) in [7, 11) is 0. The van der Waals surface area contributed by atoms with Crippen LogP contribution in [-0.4, -0.2) is 17.7 Å². The number of fused-ring (bicyclic) bond motifs is 3. The van der Waals surface area contributed by atoms with Crippen LogP contribution in [0.2, 0.25) is 10.0 Å². The van der Waals surface area contributed by atoms with Crippen LogP contribution in [0.15, 0.2) is 97.1 Å². The average Bonchev–Trinajstić information content (AvgIpc) is 3.24. The van der Waals surface area contributed by atoms with Crippen LogP contribution in [0.1, 0.15) is 29.2 Å². The lowest BCUT2D eigenvalue weighted by Gasteiger charge is -2.27. The molecule has 172 valence electrons. The summed E-state index contributed by atoms with van der Waals surface area (Å²) in [5.41, 5.74) is 4.62. The van der Waals surface area contributed by atoms with Gasteiger partial charge >= 0.3 is 5.97 Å². The van der Waals surface area contributed by atoms with Gasteiger partial charge in [-0.25, -0.2) is 4.79 Å². The number of benzene rings is 4. The Morgan fingerprint density at radius 1 is 0.765 bits per heavy atom. The van der Waals surface area contributed by atoms with Crippen LogP contribution in [0.5, 0.6) is 0 Å². The van der Waals surface area contributed by atoms with E-state index in [1.165, 1.54) is 22.3 Å². The molecule has 34 heavy (non-hydrogen) atoms. The first-order valence-electron chi connectivity index (χ1n) is 11.0. The number of carbonyl (C=O) groups is 1. The zero-order valence-corrected chi connectivity index (χ0v) is 20.2. The first-order valence-corrected chi connectivity index (χ1v) is 11.8. The van der Waals surface area contributed by atoms with E-state index in [1.807, 2.05) is 0 Å². The number of rotatable bonds is 4. The predicted molar refractivity (Wildman–Crippen MR) is 137 cm³/mol. The summed E-state index contributed by atoms with van der Waals surface area (Å²) < 4.78 is 5.02. The molecule has 5 heteroatoms. The molecule has 0 unspecified atom stereocenters. The van der Waals surface area contributed by atoms with E-state index < -0.39 is 11.6 Å². The molecule has 0 fully saturated rings. The van der Waals surface area contributed by atoms with Gasteiger partial charge in [-0.3, -0.25) is 0 Å². The maximum absolute atomic E-state index is 12.3. The Kier molecular flexibility index (Phi) is 7.38. The second-order valence-electron chi connectivity index (χ2n) is 7.94. The van der Waals surface area contributed by atoms with Crippen molar-refractivity contribution < 1.29 is 14.6 Å². The Morgan fingerprint density at radius 2 is 1.18 bits per heavy atom. The summed E-state index contributed by atoms with van der Waals surface area (Å²) in [6, 6.07) is 30.1. The van der Waals surface area contributed by atoms with Crippen LogP contribution in [0.3, 0.4) is 0 Å². The number of aliphatic hydroxyl groups is 1. The minimum absolute atomic E-state index is 0.169. The van der Waals surface area contributed by atoms with Crippen LogP contribution in [0.25, 0.3) is 11.1 Å². The van der Waals surface area contributed by atoms with Crippen molar-refractivity contribution in [3.05, 3.63) is 129 Å². The molecule has 0 spiro atoms. The lowest BCUT2D eigenvalue weighted by Crippen LogP contribution is -2.38. The summed E-state index contributed by atoms with van der Waals surface area (Å²) in [5, 5.41) is 12.0. The van der Waals surface area contributed by atoms with Gasteiger partial charge in [0.05, 0.1) is 6.61 Å². The van der Waals surface area contributed by atoms with Crippen molar-refractivity contribution >= 4 is 29.2 Å². The third kappa shape index (κ3) is 4.88. The maximum Gasteiger partial charge on any atom is 0.347 e. The summed E-state index contributed by atoms with van der Waals surface area (Å²) >= 11 is 11.7. The van der Waals surface area contributed by atoms with E-state index in [9.17, 15) is 9.90 Å². The third-order valence-electron chi connectivity index (χ3n) is 5.80. The maximum atomic E-state index is 12.3. The number of hydrogen-bond donors (Lipinski definition) is 1. The molecule has 0 aromatic heterocycles. The second kappa shape index (κ2) is 10.4. The van der Waals surface area contributed by atoms with E-state index >= 15 is 0 Å². The summed E-state index contributed by atoms with van der Waals surface area (Å²) in [4.78, 5) is 12.3. The van der Waals surface area contributed by atoms with Crippen molar-refractivity contribution in [3.63, 3.8) is 0 Å². The molecule has 0 saturated heterocycles. The van der Waals surface area contributed by atoms with Crippen LogP contribution in [0.4, 0.5) is 0 Å². The molecule has 0 atom stereocenters. The summed E-state index contributed by atoms with van der Waals surface area (Å²) in [6.07, 6.45) is 1.10. The molecule has 1 aliphatic carbocycles. The van der Waals surface area contributed by atoms with E-state index in [-0.39, 0.29) is 6.61 Å². The van der Waals surface area contributed by atoms with Gasteiger partial charge in [-0.15, -0.1) is 0 Å². The Morgan fingerprint density at radius 3 is 1.59 bits per heavy atom. The van der Waals surface area contributed by atoms with Crippen molar-refractivity contribution in [2.24, 2.45) is 0 Å². The molecule has 0 heterocycles. The Labute approximate surface area is 209 Å². The topological polar surface area (TPSA) is 46.5 Å². The zero-order valence-electron chi connectivity index (χ0n) is 18.7. The van der Waals surface area contributed by atoms with Crippen LogP contribution >= 0.6 is 23.2 Å². The number of esters is 1. The van der Waals surface area contributed by atoms with Gasteiger partial charge in [-0.2, -0.15) is 0 Å². The molecule has 0 bridgehead atoms. The first-order chi connectivity index (χ1) is 16.4. The van der Waals surface area contributed by atoms with E-state index in [4.69, 9.17) is 27.9 Å². The fourth-order valence-electron chi connectivity index (χ4n) is 4.10. The highest BCUT2D eigenvalue weighted by Crippen LogP contribution is 2.36. The van der Waals surface area contributed by atoms with Gasteiger partial charge in [0.1, 0.15) is 0 Å². The highest BCUT2D eigenvalue weighted by molar-refractivity contribution is 6.30. The SMILES string of the molecule is CCOC(=O)C(O)(c1ccc(Cl)cc1)c1ccc(Cl)cc1.c1ccc2c(c1)Cc1ccccc1-2. The monoisotopic (exact) mass is 490 g/mol. The van der Waals surface area contributed by atoms with Crippen molar-refractivity contribution in [1.29, 1.82) is 0 Å². The smallest absolute Gasteiger partial charge is 0.347 e. The Balaban J connectivity index is 0.000000178. The van der Waals surface area contributed by atoms with E-state index in [2.05, 4.69) is 48.5 Å². The van der Waals surface area contributed by atoms with Gasteiger partial charge in [0.2, 0.25) is 5.60 Å². The van der Waals surface area contributed by atoms with E-state index in [1.54, 1.807) is 55.5 Å². The lowest BCUT2D eigenvalue weighted by atomic mass is 9.86. The fraction of sp³-hybridized carbons (Fsp3) is 0.138. The van der Waals surface area contributed by atoms with Crippen molar-refractivity contribution in [1.82, 2.24) is 0 Å². The lowest BCUT2D eigenvalue weighted by molar-refractivity contribution is -0.161. The van der Waals surface area contributed by atoms with Gasteiger partial charge in [-0.05, 0) is 71.0 Å². The molecule has 1 N–H and O–H groups in total. The van der Waals surface area contributed by atoms with Crippen molar-refractivity contribution in [2.75, 3.05) is 6.61 Å². The predicted octanol–water partition coefficient (Wildman–Crippen LogP) is 7.05. The molecule has 0 radical (unpaired) electrons. The molecule has 0 aliphatic heterocycles. The van der Waals surface area contributed by atoms with Gasteiger partial charge < -0.3 is 9.84 Å². The van der Waals surface area contributed by atoms with Gasteiger partial charge in [-0.1, -0.05) is 96.0 Å². The standard InChI is InChI=1S/C16H14Cl2O3.C13H10/c1-2-21-15(19)16(20,11-3-7-13(17)8-4-11)12-5-9-14(18)10-6-12;1-3-7-12-10(5-1)9-11-6-2-4-8-13(11)12/h3-10,20H,2H2,1H3;1-8H,9H2. The highest BCUT2D eigenvalue weighted by atomic mass is 35.5. The largest absolute Gasteiger partial charge is 0.463 e. The minimum atomic E-state index is -1.90. The van der Waals surface area contributed by atoms with Gasteiger partial charge in [0.15, 0.2) is 0 Å². The summed E-state index contributed by atoms with van der Waals surface area (Å²) in [6.45, 7) is 1.85. The molecule has 1 aliphatic rings. The molecule has 4 aromatic rings. The second-order valence-corrected chi connectivity index (χ2v) is 8.81. The van der Waals surface area contributed by atoms with Crippen LogP contribution < -0.4 is 0 Å². The molecule has 5 rings (SSSR count). The molecule has 0 amide bonds. The number of hydrogen-bond acceptors (Lipinski definition) is 3. The number of ether oxygens (including phenoxy) is 1. The quantitative estimate of drug-likeness (QED) is 0.274. The molecule has 0 saturated carbocycles. The molecular formula is C29H24Cl2O3. The van der Waals surface area contributed by atoms with E-state index in [0.717, 1.165) is 6.42 Å². The molecule has 4 aromatic carbocycles. The minimum Gasteiger partial charge on any atom is -0.463 e. The Hall–Kier alpha value is -3.11. The fourth-order valence-corrected chi connectivity index (χ4v) is 4.35. The highest BCUT2D eigenvalue weighted by Gasteiger charge is 2.41. The first kappa shape index (κ1) is 24.0. The summed E-state index contributed by atoms with van der Waals surface area (Å²) in [5.74, 6) is -0.741. The van der Waals surface area contributed by atoms with Crippen molar-refractivity contribution in [3.8, 4) is 11.1 Å². The van der Waals surface area contributed by atoms with Gasteiger partial charge in [0.25, 0.3) is 0 Å². The molecule has 3 nitrogen and oxygen atoms in total. The van der Waals surface area contributed by atoms with Crippen molar-refractivity contribution in [2.45, 2.75) is 18.9 Å². The number of carbonyl (C=O) groups excluding carboxylic acids is 1. The average molecular weight is 491 g/mol. The Bertz CT molecular complexity index is 1190. The zero-order chi connectivity index (χ0) is 24.1. The normalized spacial score (nSPS) is 11.6. The van der Waals surface area contributed by atoms with Crippen LogP contribution in [-0.2, 0) is 21.6 Å².